The lowest BCUT2D eigenvalue weighted by Crippen LogP contribution is -2.47. The summed E-state index contributed by atoms with van der Waals surface area (Å²) in [5, 5.41) is 3.62. The second-order valence-electron chi connectivity index (χ2n) is 6.33. The maximum Gasteiger partial charge on any atom is 0.0472 e. The van der Waals surface area contributed by atoms with Crippen LogP contribution in [0, 0.1) is 5.41 Å². The van der Waals surface area contributed by atoms with Crippen LogP contribution in [-0.2, 0) is 4.74 Å². The van der Waals surface area contributed by atoms with Crippen molar-refractivity contribution in [3.05, 3.63) is 0 Å². The molecule has 0 aromatic carbocycles. The van der Waals surface area contributed by atoms with E-state index < -0.39 is 0 Å². The van der Waals surface area contributed by atoms with E-state index in [1.54, 1.807) is 0 Å². The Balaban J connectivity index is 2.43. The zero-order chi connectivity index (χ0) is 14.1. The smallest absolute Gasteiger partial charge is 0.0472 e. The summed E-state index contributed by atoms with van der Waals surface area (Å²) in [5.41, 5.74) is 0.411. The summed E-state index contributed by atoms with van der Waals surface area (Å²) < 4.78 is 5.56. The first-order valence-corrected chi connectivity index (χ1v) is 7.70. The molecule has 1 heterocycles. The van der Waals surface area contributed by atoms with Crippen LogP contribution in [0.1, 0.15) is 26.2 Å². The standard InChI is InChI=1S/C15H33N3O/c1-5-8-16-13-15(6-11-19-12-7-15)14-18(4)10-9-17(2)3/h16H,5-14H2,1-4H3. The molecule has 1 N–H and O–H groups in total. The molecule has 1 fully saturated rings. The van der Waals surface area contributed by atoms with Gasteiger partial charge in [0, 0.05) is 39.4 Å². The Morgan fingerprint density at radius 1 is 1.11 bits per heavy atom. The van der Waals surface area contributed by atoms with E-state index in [4.69, 9.17) is 4.74 Å². The first kappa shape index (κ1) is 16.9. The lowest BCUT2D eigenvalue weighted by molar-refractivity contribution is -0.00104. The Hall–Kier alpha value is -0.160. The summed E-state index contributed by atoms with van der Waals surface area (Å²) in [7, 11) is 6.53. The van der Waals surface area contributed by atoms with Gasteiger partial charge in [0.2, 0.25) is 0 Å². The highest BCUT2D eigenvalue weighted by atomic mass is 16.5. The number of nitrogens with zero attached hydrogens (tertiary/aromatic N) is 2. The van der Waals surface area contributed by atoms with Gasteiger partial charge in [0.05, 0.1) is 0 Å². The summed E-state index contributed by atoms with van der Waals surface area (Å²) in [6.07, 6.45) is 3.59. The number of nitrogens with one attached hydrogen (secondary N) is 1. The molecule has 0 atom stereocenters. The van der Waals surface area contributed by atoms with Crippen molar-refractivity contribution < 1.29 is 4.74 Å². The summed E-state index contributed by atoms with van der Waals surface area (Å²) in [5.74, 6) is 0. The molecule has 4 nitrogen and oxygen atoms in total. The average Bonchev–Trinajstić information content (AvgIpc) is 2.38. The zero-order valence-corrected chi connectivity index (χ0v) is 13.4. The van der Waals surface area contributed by atoms with Crippen LogP contribution in [0.4, 0.5) is 0 Å². The third-order valence-corrected chi connectivity index (χ3v) is 4.01. The highest BCUT2D eigenvalue weighted by Gasteiger charge is 2.33. The fraction of sp³-hybridized carbons (Fsp3) is 1.00. The normalized spacial score (nSPS) is 19.3. The lowest BCUT2D eigenvalue weighted by Gasteiger charge is -2.40. The van der Waals surface area contributed by atoms with Gasteiger partial charge >= 0.3 is 0 Å². The molecule has 1 saturated heterocycles. The molecule has 1 aliphatic heterocycles. The molecule has 0 amide bonds. The van der Waals surface area contributed by atoms with Gasteiger partial charge in [-0.25, -0.2) is 0 Å². The van der Waals surface area contributed by atoms with Crippen molar-refractivity contribution in [1.82, 2.24) is 15.1 Å². The molecular formula is C15H33N3O. The number of hydrogen-bond donors (Lipinski definition) is 1. The molecule has 0 spiro atoms. The lowest BCUT2D eigenvalue weighted by atomic mass is 9.79. The number of rotatable bonds is 9. The fourth-order valence-corrected chi connectivity index (χ4v) is 2.75. The van der Waals surface area contributed by atoms with Crippen molar-refractivity contribution in [2.45, 2.75) is 26.2 Å². The summed E-state index contributed by atoms with van der Waals surface area (Å²) in [4.78, 5) is 4.74. The minimum absolute atomic E-state index is 0.411. The molecule has 0 unspecified atom stereocenters. The molecular weight excluding hydrogens is 238 g/mol. The monoisotopic (exact) mass is 271 g/mol. The number of hydrogen-bond acceptors (Lipinski definition) is 4. The Bertz CT molecular complexity index is 227. The van der Waals surface area contributed by atoms with Crippen molar-refractivity contribution >= 4 is 0 Å². The van der Waals surface area contributed by atoms with Crippen LogP contribution >= 0.6 is 0 Å². The average molecular weight is 271 g/mol. The number of ether oxygens (including phenoxy) is 1. The van der Waals surface area contributed by atoms with E-state index >= 15 is 0 Å². The summed E-state index contributed by atoms with van der Waals surface area (Å²) in [6.45, 7) is 9.80. The summed E-state index contributed by atoms with van der Waals surface area (Å²) >= 11 is 0. The predicted octanol–water partition coefficient (Wildman–Crippen LogP) is 1.28. The molecule has 0 radical (unpaired) electrons. The largest absolute Gasteiger partial charge is 0.381 e. The minimum atomic E-state index is 0.411. The second kappa shape index (κ2) is 8.90. The van der Waals surface area contributed by atoms with E-state index in [0.29, 0.717) is 5.41 Å². The van der Waals surface area contributed by atoms with Crippen LogP contribution in [0.5, 0.6) is 0 Å². The quantitative estimate of drug-likeness (QED) is 0.639. The summed E-state index contributed by atoms with van der Waals surface area (Å²) in [6, 6.07) is 0. The Morgan fingerprint density at radius 2 is 1.79 bits per heavy atom. The Morgan fingerprint density at radius 3 is 2.37 bits per heavy atom. The number of likely N-dealkylation sites (N-methyl/N-ethyl adjacent to an activating group) is 2. The molecule has 114 valence electrons. The third kappa shape index (κ3) is 6.70. The van der Waals surface area contributed by atoms with Crippen LogP contribution in [0.15, 0.2) is 0 Å². The van der Waals surface area contributed by atoms with E-state index in [0.717, 1.165) is 39.4 Å². The van der Waals surface area contributed by atoms with E-state index in [2.05, 4.69) is 43.2 Å². The van der Waals surface area contributed by atoms with Crippen molar-refractivity contribution in [2.24, 2.45) is 5.41 Å². The molecule has 1 rings (SSSR count). The molecule has 4 heteroatoms. The van der Waals surface area contributed by atoms with Gasteiger partial charge in [-0.3, -0.25) is 0 Å². The highest BCUT2D eigenvalue weighted by Crippen LogP contribution is 2.30. The molecule has 0 aliphatic carbocycles. The van der Waals surface area contributed by atoms with E-state index in [1.807, 2.05) is 0 Å². The maximum atomic E-state index is 5.56. The van der Waals surface area contributed by atoms with E-state index in [-0.39, 0.29) is 0 Å². The molecule has 19 heavy (non-hydrogen) atoms. The van der Waals surface area contributed by atoms with Gasteiger partial charge in [-0.2, -0.15) is 0 Å². The maximum absolute atomic E-state index is 5.56. The fourth-order valence-electron chi connectivity index (χ4n) is 2.75. The van der Waals surface area contributed by atoms with Crippen LogP contribution < -0.4 is 5.32 Å². The molecule has 0 saturated carbocycles. The zero-order valence-electron chi connectivity index (χ0n) is 13.4. The van der Waals surface area contributed by atoms with Gasteiger partial charge in [-0.15, -0.1) is 0 Å². The minimum Gasteiger partial charge on any atom is -0.381 e. The van der Waals surface area contributed by atoms with Crippen LogP contribution in [0.3, 0.4) is 0 Å². The van der Waals surface area contributed by atoms with Crippen molar-refractivity contribution in [2.75, 3.05) is 67.1 Å². The Labute approximate surface area is 119 Å². The van der Waals surface area contributed by atoms with Crippen LogP contribution in [-0.4, -0.2) is 76.9 Å². The van der Waals surface area contributed by atoms with Crippen molar-refractivity contribution in [1.29, 1.82) is 0 Å². The highest BCUT2D eigenvalue weighted by molar-refractivity contribution is 4.86. The van der Waals surface area contributed by atoms with Gasteiger partial charge in [-0.05, 0) is 52.4 Å². The van der Waals surface area contributed by atoms with E-state index in [9.17, 15) is 0 Å². The third-order valence-electron chi connectivity index (χ3n) is 4.01. The van der Waals surface area contributed by atoms with Gasteiger partial charge in [-0.1, -0.05) is 6.92 Å². The van der Waals surface area contributed by atoms with Crippen molar-refractivity contribution in [3.63, 3.8) is 0 Å². The predicted molar refractivity (Wildman–Crippen MR) is 81.7 cm³/mol. The Kier molecular flexibility index (Phi) is 7.91. The van der Waals surface area contributed by atoms with Crippen LogP contribution in [0.2, 0.25) is 0 Å². The topological polar surface area (TPSA) is 27.7 Å². The molecule has 1 aliphatic rings. The first-order chi connectivity index (χ1) is 9.08. The van der Waals surface area contributed by atoms with Crippen LogP contribution in [0.25, 0.3) is 0 Å². The van der Waals surface area contributed by atoms with Crippen molar-refractivity contribution in [3.8, 4) is 0 Å². The van der Waals surface area contributed by atoms with Gasteiger partial charge < -0.3 is 19.9 Å². The molecule has 0 aromatic heterocycles. The molecule has 0 bridgehead atoms. The van der Waals surface area contributed by atoms with Gasteiger partial charge in [0.15, 0.2) is 0 Å². The van der Waals surface area contributed by atoms with E-state index in [1.165, 1.54) is 25.8 Å². The van der Waals surface area contributed by atoms with Gasteiger partial charge in [0.25, 0.3) is 0 Å². The molecule has 0 aromatic rings. The van der Waals surface area contributed by atoms with Gasteiger partial charge in [0.1, 0.15) is 0 Å². The first-order valence-electron chi connectivity index (χ1n) is 7.70. The SMILES string of the molecule is CCCNCC1(CN(C)CCN(C)C)CCOCC1. The second-order valence-corrected chi connectivity index (χ2v) is 6.33.